The lowest BCUT2D eigenvalue weighted by atomic mass is 9.18. The monoisotopic (exact) mass is 1420 g/mol. The lowest BCUT2D eigenvalue weighted by molar-refractivity contribution is -0.160. The van der Waals surface area contributed by atoms with Gasteiger partial charge in [-0.25, -0.2) is 0 Å². The molecule has 4 saturated heterocycles. The van der Waals surface area contributed by atoms with Crippen molar-refractivity contribution in [1.82, 2.24) is 19.6 Å². The van der Waals surface area contributed by atoms with Crippen molar-refractivity contribution in [3.63, 3.8) is 0 Å². The van der Waals surface area contributed by atoms with E-state index in [0.29, 0.717) is 0 Å². The summed E-state index contributed by atoms with van der Waals surface area (Å²) >= 11 is 0. The van der Waals surface area contributed by atoms with E-state index in [0.717, 1.165) is 227 Å². The van der Waals surface area contributed by atoms with E-state index >= 15 is 0 Å². The van der Waals surface area contributed by atoms with Crippen molar-refractivity contribution < 1.29 is 0 Å². The van der Waals surface area contributed by atoms with Gasteiger partial charge in [0.1, 0.15) is 0 Å². The molecule has 4 nitrogen and oxygen atoms in total. The minimum Gasteiger partial charge on any atom is -0.297 e. The SMILES string of the molecule is C1CCC(C2CCC[C@H](C3CCCCC3)C2N2C3CC(C4CCC5[C@@H]6CCC[C@@H]7CCCC(C76)C6CCCC4[C@@H]65)CCC3B3[C@H]4C2CC(CN2C5CCCC[C@@H]5C5CCCC[C@@H]52)CC4N(C2[C@@H](C4CCCCC4)CCC[C@H]2C2CCCCC2)C2C[C@@H](N4C5CCCC[C@H]5C5CCCC[C@H]54)CC[C@@H]32)CC1. The highest BCUT2D eigenvalue weighted by Crippen LogP contribution is 2.71. The average molecular weight is 1420 g/mol. The number of hydrogen-bond donors (Lipinski definition) is 0. The molecular formula is C99H161BN4. The van der Waals surface area contributed by atoms with E-state index in [4.69, 9.17) is 0 Å². The molecule has 0 aromatic carbocycles. The molecule has 0 aromatic heterocycles. The number of fused-ring (bicyclic) bond motifs is 12. The smallest absolute Gasteiger partial charge is 0.156 e. The molecule has 0 aromatic rings. The van der Waals surface area contributed by atoms with Crippen LogP contribution in [0.3, 0.4) is 0 Å². The van der Waals surface area contributed by atoms with Gasteiger partial charge in [0.25, 0.3) is 0 Å². The van der Waals surface area contributed by atoms with Crippen molar-refractivity contribution in [3.05, 3.63) is 0 Å². The van der Waals surface area contributed by atoms with Crippen LogP contribution in [0.4, 0.5) is 0 Å². The third kappa shape index (κ3) is 12.1. The Morgan fingerprint density at radius 1 is 0.202 bits per heavy atom. The Hall–Kier alpha value is -0.0951. The Bertz CT molecular complexity index is 2730. The van der Waals surface area contributed by atoms with Gasteiger partial charge >= 0.3 is 0 Å². The summed E-state index contributed by atoms with van der Waals surface area (Å²) in [6.07, 6.45) is 97.3. The highest BCUT2D eigenvalue weighted by molar-refractivity contribution is 6.65. The highest BCUT2D eigenvalue weighted by Gasteiger charge is 2.70. The zero-order valence-corrected chi connectivity index (χ0v) is 67.6. The predicted molar refractivity (Wildman–Crippen MR) is 433 cm³/mol. The van der Waals surface area contributed by atoms with Gasteiger partial charge in [0.2, 0.25) is 0 Å². The summed E-state index contributed by atoms with van der Waals surface area (Å²) in [5.41, 5.74) is 0. The summed E-state index contributed by atoms with van der Waals surface area (Å²) in [7, 11) is 0. The number of hydrogen-bond acceptors (Lipinski definition) is 4. The third-order valence-electron chi connectivity index (χ3n) is 42.5. The molecule has 22 aliphatic rings. The van der Waals surface area contributed by atoms with Crippen molar-refractivity contribution in [3.8, 4) is 0 Å². The van der Waals surface area contributed by atoms with Gasteiger partial charge in [-0.15, -0.1) is 0 Å². The molecule has 18 saturated carbocycles. The van der Waals surface area contributed by atoms with Gasteiger partial charge in [-0.05, 0) is 301 Å². The van der Waals surface area contributed by atoms with Crippen LogP contribution in [0, 0.1) is 136 Å². The van der Waals surface area contributed by atoms with Crippen molar-refractivity contribution >= 4 is 6.71 Å². The van der Waals surface area contributed by atoms with E-state index < -0.39 is 0 Å². The van der Waals surface area contributed by atoms with Gasteiger partial charge < -0.3 is 0 Å². The molecule has 104 heavy (non-hydrogen) atoms. The molecule has 22 rings (SSSR count). The van der Waals surface area contributed by atoms with Gasteiger partial charge in [0.15, 0.2) is 6.71 Å². The first kappa shape index (κ1) is 70.5. The van der Waals surface area contributed by atoms with Crippen molar-refractivity contribution in [2.45, 2.75) is 476 Å². The number of nitrogens with zero attached hydrogens (tertiary/aromatic N) is 4. The van der Waals surface area contributed by atoms with Crippen LogP contribution >= 0.6 is 0 Å². The van der Waals surface area contributed by atoms with Gasteiger partial charge in [0.05, 0.1) is 0 Å². The summed E-state index contributed by atoms with van der Waals surface area (Å²) < 4.78 is 0. The standard InChI is InChI=1S/C99H161BN4/c1-5-26-64(27-6-1)72-40-23-41-73(65-28-7-2-8-29-65)98(72)103-91-60-69(71-54-55-84-82-45-22-35-68-34-21-44-81(95(68)82)83-47-25-46-80(71)96(83)84)52-56-85(91)100-86-57-53-70(102-89-50-19-15-38-78(89)79-39-16-20-51-90(79)102)61-92(86)104(99-74(66-30-9-3-10-31-66)42-24-43-75(99)67-32-11-4-12-33-67)94-59-63(58-93(103)97(94)100)62-101-87-48-17-13-36-76(87)77-37-14-18-49-88(77)101/h63-99H,1-62H2/t63?,68-,69?,70-,71?,72+,73?,74-,75+,76+,77?,78-,79?,80?,81?,82-,83?,84?,85?,86+,87?,88-,89?,90+,91?,92?,93?,94?,95?,96-,97-,98?,99?/m0/s1. The largest absolute Gasteiger partial charge is 0.297 e. The van der Waals surface area contributed by atoms with Crippen LogP contribution in [0.2, 0.25) is 17.5 Å². The molecule has 5 heteroatoms. The van der Waals surface area contributed by atoms with Gasteiger partial charge in [-0.1, -0.05) is 244 Å². The second-order valence-electron chi connectivity index (χ2n) is 45.6. The molecule has 20 unspecified atom stereocenters. The highest BCUT2D eigenvalue weighted by atomic mass is 15.3. The Balaban J connectivity index is 0.714. The second kappa shape index (κ2) is 30.3. The van der Waals surface area contributed by atoms with E-state index in [9.17, 15) is 0 Å². The van der Waals surface area contributed by atoms with E-state index in [1.165, 1.54) is 6.54 Å². The van der Waals surface area contributed by atoms with Crippen molar-refractivity contribution in [2.75, 3.05) is 6.54 Å². The summed E-state index contributed by atoms with van der Waals surface area (Å²) in [4.78, 5) is 15.2. The Morgan fingerprint density at radius 3 is 1.03 bits per heavy atom. The predicted octanol–water partition coefficient (Wildman–Crippen LogP) is 25.1. The summed E-state index contributed by atoms with van der Waals surface area (Å²) in [6.45, 7) is 2.53. The summed E-state index contributed by atoms with van der Waals surface area (Å²) in [5.74, 6) is 26.9. The fourth-order valence-electron chi connectivity index (χ4n) is 39.9. The minimum absolute atomic E-state index is 0.842. The molecule has 33 atom stereocenters. The molecule has 0 amide bonds. The van der Waals surface area contributed by atoms with Crippen LogP contribution in [0.15, 0.2) is 0 Å². The third-order valence-corrected chi connectivity index (χ3v) is 42.5. The molecule has 22 fully saturated rings. The minimum atomic E-state index is 0.842. The van der Waals surface area contributed by atoms with E-state index in [-0.39, 0.29) is 0 Å². The molecule has 4 heterocycles. The maximum atomic E-state index is 4.05. The van der Waals surface area contributed by atoms with Crippen LogP contribution in [-0.4, -0.2) is 99.3 Å². The first-order chi connectivity index (χ1) is 51.6. The van der Waals surface area contributed by atoms with E-state index in [1.807, 2.05) is 0 Å². The Kier molecular flexibility index (Phi) is 20.5. The Morgan fingerprint density at radius 2 is 0.548 bits per heavy atom. The van der Waals surface area contributed by atoms with Crippen molar-refractivity contribution in [1.29, 1.82) is 0 Å². The number of rotatable bonds is 10. The van der Waals surface area contributed by atoms with Crippen LogP contribution in [-0.2, 0) is 0 Å². The van der Waals surface area contributed by atoms with Gasteiger partial charge in [-0.3, -0.25) is 19.6 Å². The molecule has 0 N–H and O–H groups in total. The maximum absolute atomic E-state index is 4.05. The fourth-order valence-corrected chi connectivity index (χ4v) is 39.9. The molecule has 0 bridgehead atoms. The molecule has 18 aliphatic carbocycles. The molecule has 4 aliphatic heterocycles. The zero-order valence-electron chi connectivity index (χ0n) is 67.6. The van der Waals surface area contributed by atoms with Crippen molar-refractivity contribution in [2.24, 2.45) is 136 Å². The molecule has 0 spiro atoms. The normalized spacial score (nSPS) is 53.0. The first-order valence-corrected chi connectivity index (χ1v) is 50.7. The Labute approximate surface area is 640 Å². The summed E-state index contributed by atoms with van der Waals surface area (Å²) in [6, 6.07) is 9.77. The summed E-state index contributed by atoms with van der Waals surface area (Å²) in [5, 5.41) is 0. The topological polar surface area (TPSA) is 13.0 Å². The average Bonchev–Trinajstić information content (AvgIpc) is 0.735. The maximum Gasteiger partial charge on any atom is 0.156 e. The van der Waals surface area contributed by atoms with Crippen LogP contribution in [0.25, 0.3) is 0 Å². The van der Waals surface area contributed by atoms with Gasteiger partial charge in [-0.2, -0.15) is 0 Å². The second-order valence-corrected chi connectivity index (χ2v) is 45.6. The molecule has 580 valence electrons. The number of likely N-dealkylation sites (tertiary alicyclic amines) is 2. The van der Waals surface area contributed by atoms with E-state index in [1.54, 1.807) is 392 Å². The van der Waals surface area contributed by atoms with E-state index in [2.05, 4.69) is 19.6 Å². The molecular weight excluding hydrogens is 1260 g/mol. The zero-order chi connectivity index (χ0) is 68.1. The van der Waals surface area contributed by atoms with Crippen LogP contribution < -0.4 is 0 Å². The lowest BCUT2D eigenvalue weighted by Gasteiger charge is -2.72. The van der Waals surface area contributed by atoms with Crippen LogP contribution in [0.5, 0.6) is 0 Å². The first-order valence-electron chi connectivity index (χ1n) is 50.7. The lowest BCUT2D eigenvalue weighted by Crippen LogP contribution is -2.77. The van der Waals surface area contributed by atoms with Gasteiger partial charge in [0, 0.05) is 73.0 Å². The molecule has 0 radical (unpaired) electrons. The fraction of sp³-hybridized carbons (Fsp3) is 1.00. The van der Waals surface area contributed by atoms with Crippen LogP contribution in [0.1, 0.15) is 392 Å². The quantitative estimate of drug-likeness (QED) is 0.202.